The molecule has 7 atom stereocenters. The Hall–Kier alpha value is -2.83. The number of hydrogen-bond acceptors (Lipinski definition) is 14. The Morgan fingerprint density at radius 1 is 0.759 bits per heavy atom. The Morgan fingerprint density at radius 2 is 1.31 bits per heavy atom. The smallest absolute Gasteiger partial charge is 0.306 e. The normalized spacial score (nSPS) is 20.3. The van der Waals surface area contributed by atoms with Gasteiger partial charge in [-0.2, -0.15) is 11.8 Å². The van der Waals surface area contributed by atoms with Crippen molar-refractivity contribution in [1.82, 2.24) is 20.3 Å². The predicted molar refractivity (Wildman–Crippen MR) is 222 cm³/mol. The van der Waals surface area contributed by atoms with Gasteiger partial charge in [-0.3, -0.25) is 19.2 Å². The molecule has 1 aliphatic rings. The fourth-order valence-corrected chi connectivity index (χ4v) is 7.56. The van der Waals surface area contributed by atoms with Crippen molar-refractivity contribution in [2.24, 2.45) is 0 Å². The number of aliphatic hydroxyl groups excluding tert-OH is 4. The van der Waals surface area contributed by atoms with Gasteiger partial charge in [0.05, 0.1) is 12.8 Å². The first-order valence-corrected chi connectivity index (χ1v) is 22.9. The summed E-state index contributed by atoms with van der Waals surface area (Å²) in [7, 11) is 0. The lowest BCUT2D eigenvalue weighted by molar-refractivity contribution is -0.254. The molecule has 16 nitrogen and oxygen atoms in total. The molecule has 17 heteroatoms. The molecule has 2 rings (SSSR count). The van der Waals surface area contributed by atoms with Gasteiger partial charge in [0.15, 0.2) is 12.0 Å². The summed E-state index contributed by atoms with van der Waals surface area (Å²) < 4.78 is 17.9. The number of carbonyl (C=O) groups excluding carboxylic acids is 4. The number of amides is 2. The van der Waals surface area contributed by atoms with E-state index in [1.807, 2.05) is 0 Å². The first-order chi connectivity index (χ1) is 28.0. The molecule has 6 N–H and O–H groups in total. The van der Waals surface area contributed by atoms with Crippen LogP contribution in [-0.2, 0) is 33.4 Å². The standard InChI is InChI=1S/C41H73N5O11S/c1-4-7-10-13-16-19-22-34(48)42-31(40(54)43-33-25-46(45-44-33)41-39(53)38(52)37(51)32(26-47)57-41)29-58-28-30(56-36(50)24-21-18-15-12-9-6-3)27-55-35(49)23-20-17-14-11-8-5-2/h25,30-32,37-39,41,47,51-53H,4-24,26-29H2,1-3H3,(H,42,48)(H,43,54)/t30-,31-,32?,37?,38?,39?,41?/m1/s1. The number of rotatable bonds is 33. The van der Waals surface area contributed by atoms with Gasteiger partial charge in [0.1, 0.15) is 43.2 Å². The molecule has 1 aliphatic heterocycles. The number of nitrogens with zero attached hydrogens (tertiary/aromatic N) is 3. The maximum absolute atomic E-state index is 13.6. The van der Waals surface area contributed by atoms with Crippen molar-refractivity contribution < 1.29 is 53.8 Å². The van der Waals surface area contributed by atoms with E-state index < -0.39 is 55.3 Å². The lowest BCUT2D eigenvalue weighted by atomic mass is 9.98. The summed E-state index contributed by atoms with van der Waals surface area (Å²) in [5.74, 6) is -1.38. The third-order valence-corrected chi connectivity index (χ3v) is 11.3. The second kappa shape index (κ2) is 31.1. The van der Waals surface area contributed by atoms with E-state index in [-0.39, 0.29) is 61.0 Å². The van der Waals surface area contributed by atoms with Gasteiger partial charge in [-0.05, 0) is 19.3 Å². The van der Waals surface area contributed by atoms with Crippen molar-refractivity contribution in [3.63, 3.8) is 0 Å². The molecule has 0 saturated carbocycles. The van der Waals surface area contributed by atoms with E-state index >= 15 is 0 Å². The van der Waals surface area contributed by atoms with E-state index in [1.54, 1.807) is 0 Å². The zero-order valence-electron chi connectivity index (χ0n) is 35.2. The Kier molecular flexibility index (Phi) is 27.5. The Labute approximate surface area is 349 Å². The number of hydrogen-bond donors (Lipinski definition) is 6. The van der Waals surface area contributed by atoms with Crippen LogP contribution in [0.2, 0.25) is 0 Å². The fourth-order valence-electron chi connectivity index (χ4n) is 6.52. The van der Waals surface area contributed by atoms with Crippen LogP contribution in [0.3, 0.4) is 0 Å². The summed E-state index contributed by atoms with van der Waals surface area (Å²) in [6.45, 7) is 5.70. The van der Waals surface area contributed by atoms with Crippen molar-refractivity contribution in [2.75, 3.05) is 30.0 Å². The molecule has 1 aromatic rings. The first-order valence-electron chi connectivity index (χ1n) is 21.8. The topological polar surface area (TPSA) is 232 Å². The van der Waals surface area contributed by atoms with E-state index in [2.05, 4.69) is 41.7 Å². The first kappa shape index (κ1) is 51.3. The molecule has 0 aromatic carbocycles. The highest BCUT2D eigenvalue weighted by molar-refractivity contribution is 7.99. The number of ether oxygens (including phenoxy) is 3. The highest BCUT2D eigenvalue weighted by Crippen LogP contribution is 2.28. The lowest BCUT2D eigenvalue weighted by Crippen LogP contribution is -2.56. The third kappa shape index (κ3) is 20.9. The number of unbranched alkanes of at least 4 members (excludes halogenated alkanes) is 15. The highest BCUT2D eigenvalue weighted by atomic mass is 32.2. The number of nitrogens with one attached hydrogen (secondary N) is 2. The number of anilines is 1. The number of carbonyl (C=O) groups is 4. The Morgan fingerprint density at radius 3 is 1.90 bits per heavy atom. The molecule has 0 spiro atoms. The van der Waals surface area contributed by atoms with Crippen LogP contribution in [0.1, 0.15) is 162 Å². The van der Waals surface area contributed by atoms with Gasteiger partial charge >= 0.3 is 11.9 Å². The van der Waals surface area contributed by atoms with Crippen molar-refractivity contribution in [2.45, 2.75) is 198 Å². The maximum Gasteiger partial charge on any atom is 0.306 e. The molecular formula is C41H73N5O11S. The van der Waals surface area contributed by atoms with Crippen molar-refractivity contribution in [1.29, 1.82) is 0 Å². The van der Waals surface area contributed by atoms with Crippen LogP contribution in [-0.4, -0.2) is 120 Å². The molecule has 334 valence electrons. The molecular weight excluding hydrogens is 771 g/mol. The van der Waals surface area contributed by atoms with E-state index in [9.17, 15) is 39.6 Å². The number of esters is 2. The van der Waals surface area contributed by atoms with Crippen LogP contribution >= 0.6 is 11.8 Å². The second-order valence-corrected chi connectivity index (χ2v) is 16.4. The van der Waals surface area contributed by atoms with Crippen LogP contribution in [0.5, 0.6) is 0 Å². The summed E-state index contributed by atoms with van der Waals surface area (Å²) in [5.41, 5.74) is 0. The Bertz CT molecular complexity index is 1290. The van der Waals surface area contributed by atoms with Gasteiger partial charge < -0.3 is 45.3 Å². The average Bonchev–Trinajstić information content (AvgIpc) is 3.67. The zero-order valence-corrected chi connectivity index (χ0v) is 36.0. The highest BCUT2D eigenvalue weighted by Gasteiger charge is 2.44. The third-order valence-electron chi connectivity index (χ3n) is 10.1. The lowest BCUT2D eigenvalue weighted by Gasteiger charge is -2.39. The van der Waals surface area contributed by atoms with Crippen LogP contribution in [0.4, 0.5) is 5.82 Å². The minimum absolute atomic E-state index is 0.0408. The minimum atomic E-state index is -1.64. The van der Waals surface area contributed by atoms with Gasteiger partial charge in [0.25, 0.3) is 0 Å². The molecule has 0 aliphatic carbocycles. The predicted octanol–water partition coefficient (Wildman–Crippen LogP) is 5.11. The van der Waals surface area contributed by atoms with E-state index in [0.29, 0.717) is 12.8 Å². The summed E-state index contributed by atoms with van der Waals surface area (Å²) >= 11 is 1.27. The van der Waals surface area contributed by atoms with Crippen LogP contribution in [0, 0.1) is 0 Å². The molecule has 58 heavy (non-hydrogen) atoms. The average molecular weight is 844 g/mol. The molecule has 1 saturated heterocycles. The van der Waals surface area contributed by atoms with E-state index in [0.717, 1.165) is 101 Å². The quantitative estimate of drug-likeness (QED) is 0.0399. The largest absolute Gasteiger partial charge is 0.462 e. The van der Waals surface area contributed by atoms with Gasteiger partial charge in [-0.15, -0.1) is 5.10 Å². The molecule has 5 unspecified atom stereocenters. The van der Waals surface area contributed by atoms with Crippen LogP contribution < -0.4 is 10.6 Å². The molecule has 2 amide bonds. The van der Waals surface area contributed by atoms with Crippen molar-refractivity contribution in [3.05, 3.63) is 6.20 Å². The molecule has 0 radical (unpaired) electrons. The zero-order chi connectivity index (χ0) is 42.5. The van der Waals surface area contributed by atoms with E-state index in [1.165, 1.54) is 24.4 Å². The van der Waals surface area contributed by atoms with Gasteiger partial charge in [-0.25, -0.2) is 4.68 Å². The van der Waals surface area contributed by atoms with Gasteiger partial charge in [0, 0.05) is 30.8 Å². The van der Waals surface area contributed by atoms with Crippen molar-refractivity contribution >= 4 is 41.3 Å². The number of thioether (sulfide) groups is 1. The van der Waals surface area contributed by atoms with Gasteiger partial charge in [0.2, 0.25) is 11.8 Å². The number of aromatic nitrogens is 3. The van der Waals surface area contributed by atoms with Crippen LogP contribution in [0.15, 0.2) is 6.20 Å². The van der Waals surface area contributed by atoms with Crippen LogP contribution in [0.25, 0.3) is 0 Å². The summed E-state index contributed by atoms with van der Waals surface area (Å²) in [6.07, 6.45) is 12.2. The van der Waals surface area contributed by atoms with Gasteiger partial charge in [-0.1, -0.05) is 122 Å². The Balaban J connectivity index is 2.09. The van der Waals surface area contributed by atoms with E-state index in [4.69, 9.17) is 14.2 Å². The second-order valence-electron chi connectivity index (χ2n) is 15.3. The molecule has 1 aromatic heterocycles. The summed E-state index contributed by atoms with van der Waals surface area (Å²) in [5, 5.41) is 53.7. The SMILES string of the molecule is CCCCCCCCC(=O)N[C@H](CSC[C@@H](COC(=O)CCCCCCCC)OC(=O)CCCCCCCC)C(=O)Nc1cn(C2OC(CO)C(O)C(O)C2O)nn1. The fraction of sp³-hybridized carbons (Fsp3) is 0.854. The monoisotopic (exact) mass is 844 g/mol. The van der Waals surface area contributed by atoms with Crippen molar-refractivity contribution in [3.8, 4) is 0 Å². The summed E-state index contributed by atoms with van der Waals surface area (Å²) in [6, 6.07) is -1.04. The maximum atomic E-state index is 13.6. The molecule has 2 heterocycles. The molecule has 0 bridgehead atoms. The summed E-state index contributed by atoms with van der Waals surface area (Å²) in [4.78, 5) is 52.1. The number of aliphatic hydroxyl groups is 4. The molecule has 1 fully saturated rings. The minimum Gasteiger partial charge on any atom is -0.462 e.